The first-order chi connectivity index (χ1) is 17.2. The van der Waals surface area contributed by atoms with Gasteiger partial charge in [0.25, 0.3) is 5.91 Å². The molecule has 2 aromatic heterocycles. The number of aromatic amines is 1. The lowest BCUT2D eigenvalue weighted by Crippen LogP contribution is -2.45. The molecule has 0 bridgehead atoms. The lowest BCUT2D eigenvalue weighted by atomic mass is 9.91. The monoisotopic (exact) mass is 505 g/mol. The fourth-order valence-corrected chi connectivity index (χ4v) is 6.67. The normalized spacial score (nSPS) is 15.9. The van der Waals surface area contributed by atoms with Crippen LogP contribution >= 0.6 is 0 Å². The Labute approximate surface area is 211 Å². The van der Waals surface area contributed by atoms with E-state index in [0.29, 0.717) is 29.8 Å². The molecule has 1 aliphatic rings. The molecule has 5 rings (SSSR count). The summed E-state index contributed by atoms with van der Waals surface area (Å²) in [5.74, 6) is 0.0904. The molecule has 9 heteroatoms. The average Bonchev–Trinajstić information content (AvgIpc) is 3.31. The summed E-state index contributed by atoms with van der Waals surface area (Å²) in [5.41, 5.74) is 2.20. The fraction of sp³-hybridized carbons (Fsp3) is 0.333. The average molecular weight is 506 g/mol. The molecule has 0 saturated carbocycles. The minimum Gasteiger partial charge on any atom is -0.377 e. The van der Waals surface area contributed by atoms with Gasteiger partial charge in [0, 0.05) is 61.3 Å². The lowest BCUT2D eigenvalue weighted by Gasteiger charge is -2.35. The zero-order valence-electron chi connectivity index (χ0n) is 20.7. The number of carbonyl (C=O) groups excluding carboxylic acids is 1. The molecule has 0 unspecified atom stereocenters. The smallest absolute Gasteiger partial charge is 0.270 e. The van der Waals surface area contributed by atoms with Gasteiger partial charge < -0.3 is 14.8 Å². The van der Waals surface area contributed by atoms with Crippen molar-refractivity contribution in [3.8, 4) is 0 Å². The molecule has 2 N–H and O–H groups in total. The van der Waals surface area contributed by atoms with E-state index in [0.717, 1.165) is 29.3 Å². The van der Waals surface area contributed by atoms with Gasteiger partial charge in [0.1, 0.15) is 11.3 Å². The van der Waals surface area contributed by atoms with Crippen LogP contribution in [-0.2, 0) is 10.0 Å². The third kappa shape index (κ3) is 4.56. The first kappa shape index (κ1) is 24.3. The van der Waals surface area contributed by atoms with Crippen molar-refractivity contribution in [2.24, 2.45) is 5.92 Å². The molecule has 3 heterocycles. The summed E-state index contributed by atoms with van der Waals surface area (Å²) in [6.07, 6.45) is 3.16. The van der Waals surface area contributed by atoms with Crippen molar-refractivity contribution < 1.29 is 13.2 Å². The topological polar surface area (TPSA) is 98.4 Å². The first-order valence-electron chi connectivity index (χ1n) is 12.2. The Morgan fingerprint density at radius 1 is 1.08 bits per heavy atom. The Morgan fingerprint density at radius 2 is 1.81 bits per heavy atom. The van der Waals surface area contributed by atoms with Crippen molar-refractivity contribution in [2.45, 2.75) is 30.7 Å². The number of nitrogens with one attached hydrogen (secondary N) is 2. The Hall–Kier alpha value is -3.43. The minimum atomic E-state index is -3.73. The molecule has 36 heavy (non-hydrogen) atoms. The first-order valence-corrected chi connectivity index (χ1v) is 13.7. The van der Waals surface area contributed by atoms with Crippen LogP contribution in [0.25, 0.3) is 21.8 Å². The molecule has 0 radical (unpaired) electrons. The van der Waals surface area contributed by atoms with Crippen LogP contribution in [0.3, 0.4) is 0 Å². The van der Waals surface area contributed by atoms with Crippen molar-refractivity contribution in [1.82, 2.24) is 19.6 Å². The van der Waals surface area contributed by atoms with Gasteiger partial charge in [-0.3, -0.25) is 4.79 Å². The highest BCUT2D eigenvalue weighted by Gasteiger charge is 2.30. The number of likely N-dealkylation sites (tertiary alicyclic amines) is 1. The number of carbonyl (C=O) groups is 1. The number of piperidine rings is 1. The molecule has 1 saturated heterocycles. The van der Waals surface area contributed by atoms with Crippen LogP contribution in [0.4, 0.5) is 5.69 Å². The largest absolute Gasteiger partial charge is 0.377 e. The molecule has 1 aliphatic heterocycles. The molecule has 4 aromatic rings. The predicted octanol–water partition coefficient (Wildman–Crippen LogP) is 4.00. The summed E-state index contributed by atoms with van der Waals surface area (Å²) in [6, 6.07) is 16.5. The third-order valence-electron chi connectivity index (χ3n) is 7.13. The summed E-state index contributed by atoms with van der Waals surface area (Å²) < 4.78 is 29.8. The standard InChI is InChI=1S/C27H31N5O3S/c1-18(30-36(34,35)25-11-5-8-21-22(25)9-4-10-24(21)31(2)3)19-12-15-32(16-13-19)27(33)23-17-20-7-6-14-28-26(20)29-23/h4-11,14,17-19,30H,12-13,15-16H2,1-3H3,(H,28,29)/t18-/m0/s1. The second-order valence-corrected chi connectivity index (χ2v) is 11.4. The summed E-state index contributed by atoms with van der Waals surface area (Å²) in [5, 5.41) is 2.51. The highest BCUT2D eigenvalue weighted by atomic mass is 32.2. The van der Waals surface area contributed by atoms with Crippen LogP contribution in [0.2, 0.25) is 0 Å². The van der Waals surface area contributed by atoms with E-state index >= 15 is 0 Å². The van der Waals surface area contributed by atoms with E-state index in [1.165, 1.54) is 0 Å². The van der Waals surface area contributed by atoms with E-state index in [1.807, 2.05) is 73.3 Å². The van der Waals surface area contributed by atoms with Crippen molar-refractivity contribution in [1.29, 1.82) is 0 Å². The molecular formula is C27H31N5O3S. The van der Waals surface area contributed by atoms with E-state index in [9.17, 15) is 13.2 Å². The predicted molar refractivity (Wildman–Crippen MR) is 143 cm³/mol. The van der Waals surface area contributed by atoms with Crippen LogP contribution in [0.15, 0.2) is 65.7 Å². The SMILES string of the molecule is C[C@H](NS(=O)(=O)c1cccc2c(N(C)C)cccc12)C1CCN(C(=O)c2cc3cccnc3[nH]2)CC1. The van der Waals surface area contributed by atoms with Crippen LogP contribution in [-0.4, -0.2) is 62.4 Å². The number of aromatic nitrogens is 2. The minimum absolute atomic E-state index is 0.0489. The molecule has 8 nitrogen and oxygen atoms in total. The van der Waals surface area contributed by atoms with E-state index in [1.54, 1.807) is 18.3 Å². The molecule has 1 amide bonds. The highest BCUT2D eigenvalue weighted by molar-refractivity contribution is 7.89. The second-order valence-electron chi connectivity index (χ2n) is 9.69. The third-order valence-corrected chi connectivity index (χ3v) is 8.74. The zero-order chi connectivity index (χ0) is 25.4. The van der Waals surface area contributed by atoms with Gasteiger partial charge in [-0.15, -0.1) is 0 Å². The Kier molecular flexibility index (Phi) is 6.44. The molecule has 2 aromatic carbocycles. The molecule has 0 spiro atoms. The van der Waals surface area contributed by atoms with E-state index in [4.69, 9.17) is 0 Å². The van der Waals surface area contributed by atoms with Gasteiger partial charge in [0.15, 0.2) is 0 Å². The Morgan fingerprint density at radius 3 is 2.53 bits per heavy atom. The van der Waals surface area contributed by atoms with Gasteiger partial charge in [0.2, 0.25) is 10.0 Å². The van der Waals surface area contributed by atoms with E-state index < -0.39 is 10.0 Å². The molecule has 1 fully saturated rings. The van der Waals surface area contributed by atoms with Gasteiger partial charge in [0.05, 0.1) is 4.90 Å². The zero-order valence-corrected chi connectivity index (χ0v) is 21.5. The van der Waals surface area contributed by atoms with Crippen LogP contribution in [0.1, 0.15) is 30.3 Å². The number of sulfonamides is 1. The van der Waals surface area contributed by atoms with Gasteiger partial charge >= 0.3 is 0 Å². The number of benzene rings is 2. The van der Waals surface area contributed by atoms with Crippen LogP contribution < -0.4 is 9.62 Å². The maximum atomic E-state index is 13.4. The van der Waals surface area contributed by atoms with Gasteiger partial charge in [-0.05, 0) is 56.0 Å². The molecular weight excluding hydrogens is 474 g/mol. The second kappa shape index (κ2) is 9.55. The van der Waals surface area contributed by atoms with Crippen LogP contribution in [0.5, 0.6) is 0 Å². The van der Waals surface area contributed by atoms with E-state index in [-0.39, 0.29) is 22.8 Å². The number of pyridine rings is 1. The number of rotatable bonds is 6. The molecule has 188 valence electrons. The lowest BCUT2D eigenvalue weighted by molar-refractivity contribution is 0.0673. The van der Waals surface area contributed by atoms with Crippen molar-refractivity contribution in [3.63, 3.8) is 0 Å². The Balaban J connectivity index is 1.27. The fourth-order valence-electron chi connectivity index (χ4n) is 5.14. The van der Waals surface area contributed by atoms with Gasteiger partial charge in [-0.1, -0.05) is 24.3 Å². The number of hydrogen-bond donors (Lipinski definition) is 2. The molecule has 1 atom stereocenters. The maximum Gasteiger partial charge on any atom is 0.270 e. The van der Waals surface area contributed by atoms with Crippen molar-refractivity contribution in [2.75, 3.05) is 32.1 Å². The Bertz CT molecular complexity index is 1490. The highest BCUT2D eigenvalue weighted by Crippen LogP contribution is 2.31. The quantitative estimate of drug-likeness (QED) is 0.413. The summed E-state index contributed by atoms with van der Waals surface area (Å²) in [6.45, 7) is 3.08. The van der Waals surface area contributed by atoms with Crippen molar-refractivity contribution >= 4 is 43.4 Å². The maximum absolute atomic E-state index is 13.4. The number of fused-ring (bicyclic) bond motifs is 2. The summed E-state index contributed by atoms with van der Waals surface area (Å²) >= 11 is 0. The van der Waals surface area contributed by atoms with Crippen LogP contribution in [0, 0.1) is 5.92 Å². The number of amides is 1. The summed E-state index contributed by atoms with van der Waals surface area (Å²) in [7, 11) is 0.167. The number of nitrogens with zero attached hydrogens (tertiary/aromatic N) is 3. The van der Waals surface area contributed by atoms with Crippen molar-refractivity contribution in [3.05, 3.63) is 66.5 Å². The number of anilines is 1. The van der Waals surface area contributed by atoms with E-state index in [2.05, 4.69) is 14.7 Å². The summed E-state index contributed by atoms with van der Waals surface area (Å²) in [4.78, 5) is 24.5. The number of H-pyrrole nitrogens is 1. The molecule has 0 aliphatic carbocycles. The van der Waals surface area contributed by atoms with Gasteiger partial charge in [-0.2, -0.15) is 0 Å². The number of hydrogen-bond acceptors (Lipinski definition) is 5. The van der Waals surface area contributed by atoms with Gasteiger partial charge in [-0.25, -0.2) is 18.1 Å².